The van der Waals surface area contributed by atoms with Gasteiger partial charge in [-0.25, -0.2) is 0 Å². The monoisotopic (exact) mass is 223 g/mol. The summed E-state index contributed by atoms with van der Waals surface area (Å²) in [4.78, 5) is 11.3. The van der Waals surface area contributed by atoms with E-state index in [1.165, 1.54) is 25.7 Å². The van der Waals surface area contributed by atoms with Gasteiger partial charge in [-0.05, 0) is 24.7 Å². The number of hydrogen-bond acceptors (Lipinski definition) is 3. The van der Waals surface area contributed by atoms with E-state index in [0.29, 0.717) is 24.9 Å². The minimum absolute atomic E-state index is 0.0131. The third-order valence-electron chi connectivity index (χ3n) is 3.51. The molecule has 1 amide bonds. The Morgan fingerprint density at radius 2 is 2.25 bits per heavy atom. The molecule has 0 aromatic carbocycles. The van der Waals surface area contributed by atoms with Gasteiger partial charge in [-0.15, -0.1) is 0 Å². The summed E-state index contributed by atoms with van der Waals surface area (Å²) in [6.45, 7) is 3.98. The minimum Gasteiger partial charge on any atom is -0.354 e. The average Bonchev–Trinajstić information content (AvgIpc) is 2.22. The first-order valence-electron chi connectivity index (χ1n) is 6.07. The molecule has 1 saturated carbocycles. The molecule has 0 aromatic heterocycles. The van der Waals surface area contributed by atoms with Gasteiger partial charge in [0.15, 0.2) is 0 Å². The molecule has 0 radical (unpaired) electrons. The Morgan fingerprint density at radius 3 is 2.75 bits per heavy atom. The first-order valence-corrected chi connectivity index (χ1v) is 6.07. The van der Waals surface area contributed by atoms with Gasteiger partial charge in [0.25, 0.3) is 0 Å². The Balaban J connectivity index is 2.06. The molecule has 1 aliphatic rings. The van der Waals surface area contributed by atoms with E-state index in [4.69, 9.17) is 5.26 Å². The molecule has 0 aliphatic heterocycles. The summed E-state index contributed by atoms with van der Waals surface area (Å²) >= 11 is 0. The van der Waals surface area contributed by atoms with Gasteiger partial charge in [0.05, 0.1) is 19.0 Å². The van der Waals surface area contributed by atoms with Gasteiger partial charge in [0, 0.05) is 13.1 Å². The molecule has 0 saturated heterocycles. The van der Waals surface area contributed by atoms with Crippen LogP contribution >= 0.6 is 0 Å². The van der Waals surface area contributed by atoms with Crippen molar-refractivity contribution in [1.82, 2.24) is 10.6 Å². The number of carbonyl (C=O) groups is 1. The molecule has 4 nitrogen and oxygen atoms in total. The van der Waals surface area contributed by atoms with Crippen LogP contribution in [0, 0.1) is 16.7 Å². The SMILES string of the molecule is CCC1(CNCC(=O)NCCC#N)CCC1. The van der Waals surface area contributed by atoms with Crippen LogP contribution in [0.4, 0.5) is 0 Å². The Morgan fingerprint density at radius 1 is 1.50 bits per heavy atom. The highest BCUT2D eigenvalue weighted by Gasteiger charge is 2.34. The molecule has 4 heteroatoms. The smallest absolute Gasteiger partial charge is 0.233 e. The van der Waals surface area contributed by atoms with Crippen LogP contribution in [0.1, 0.15) is 39.0 Å². The molecule has 0 spiro atoms. The fraction of sp³-hybridized carbons (Fsp3) is 0.833. The highest BCUT2D eigenvalue weighted by Crippen LogP contribution is 2.42. The number of nitrogens with one attached hydrogen (secondary N) is 2. The van der Waals surface area contributed by atoms with Crippen LogP contribution in [0.15, 0.2) is 0 Å². The summed E-state index contributed by atoms with van der Waals surface area (Å²) in [5.41, 5.74) is 0.451. The first-order chi connectivity index (χ1) is 7.72. The lowest BCUT2D eigenvalue weighted by Crippen LogP contribution is -2.43. The van der Waals surface area contributed by atoms with Gasteiger partial charge in [-0.3, -0.25) is 4.79 Å². The lowest BCUT2D eigenvalue weighted by atomic mass is 9.67. The summed E-state index contributed by atoms with van der Waals surface area (Å²) in [6.07, 6.45) is 5.46. The Labute approximate surface area is 97.4 Å². The predicted octanol–water partition coefficient (Wildman–Crippen LogP) is 1.19. The van der Waals surface area contributed by atoms with Crippen LogP contribution in [0.5, 0.6) is 0 Å². The quantitative estimate of drug-likeness (QED) is 0.637. The van der Waals surface area contributed by atoms with Crippen molar-refractivity contribution in [3.05, 3.63) is 0 Å². The zero-order chi connectivity index (χ0) is 11.9. The van der Waals surface area contributed by atoms with E-state index in [1.807, 2.05) is 6.07 Å². The normalized spacial score (nSPS) is 17.2. The van der Waals surface area contributed by atoms with Gasteiger partial charge in [0.2, 0.25) is 5.91 Å². The van der Waals surface area contributed by atoms with Crippen LogP contribution in [0.25, 0.3) is 0 Å². The summed E-state index contributed by atoms with van der Waals surface area (Å²) < 4.78 is 0. The van der Waals surface area contributed by atoms with E-state index in [0.717, 1.165) is 6.54 Å². The molecule has 0 aromatic rings. The lowest BCUT2D eigenvalue weighted by Gasteiger charge is -2.41. The maximum absolute atomic E-state index is 11.3. The van der Waals surface area contributed by atoms with Crippen molar-refractivity contribution in [1.29, 1.82) is 5.26 Å². The van der Waals surface area contributed by atoms with E-state index >= 15 is 0 Å². The average molecular weight is 223 g/mol. The maximum Gasteiger partial charge on any atom is 0.233 e. The maximum atomic E-state index is 11.3. The summed E-state index contributed by atoms with van der Waals surface area (Å²) in [5.74, 6) is -0.0131. The summed E-state index contributed by atoms with van der Waals surface area (Å²) in [6, 6.07) is 2.00. The molecular formula is C12H21N3O. The number of nitrogens with zero attached hydrogens (tertiary/aromatic N) is 1. The van der Waals surface area contributed by atoms with Crippen molar-refractivity contribution in [2.45, 2.75) is 39.0 Å². The molecule has 1 aliphatic carbocycles. The largest absolute Gasteiger partial charge is 0.354 e. The van der Waals surface area contributed by atoms with Crippen LogP contribution in [-0.4, -0.2) is 25.5 Å². The van der Waals surface area contributed by atoms with E-state index < -0.39 is 0 Å². The van der Waals surface area contributed by atoms with Crippen molar-refractivity contribution >= 4 is 5.91 Å². The molecule has 0 unspecified atom stereocenters. The fourth-order valence-electron chi connectivity index (χ4n) is 2.09. The van der Waals surface area contributed by atoms with E-state index in [-0.39, 0.29) is 5.91 Å². The third-order valence-corrected chi connectivity index (χ3v) is 3.51. The van der Waals surface area contributed by atoms with Crippen LogP contribution in [-0.2, 0) is 4.79 Å². The van der Waals surface area contributed by atoms with E-state index in [2.05, 4.69) is 17.6 Å². The first kappa shape index (κ1) is 13.0. The lowest BCUT2D eigenvalue weighted by molar-refractivity contribution is -0.120. The molecule has 0 bridgehead atoms. The van der Waals surface area contributed by atoms with E-state index in [9.17, 15) is 4.79 Å². The molecule has 2 N–H and O–H groups in total. The summed E-state index contributed by atoms with van der Waals surface area (Å²) in [5, 5.41) is 14.2. The molecule has 0 atom stereocenters. The van der Waals surface area contributed by atoms with Crippen LogP contribution in [0.3, 0.4) is 0 Å². The Bertz CT molecular complexity index is 260. The molecular weight excluding hydrogens is 202 g/mol. The molecule has 90 valence electrons. The third kappa shape index (κ3) is 3.82. The second-order valence-corrected chi connectivity index (χ2v) is 4.57. The Hall–Kier alpha value is -1.08. The molecule has 0 heterocycles. The van der Waals surface area contributed by atoms with Crippen molar-refractivity contribution in [3.63, 3.8) is 0 Å². The van der Waals surface area contributed by atoms with Gasteiger partial charge in [0.1, 0.15) is 0 Å². The van der Waals surface area contributed by atoms with Crippen molar-refractivity contribution in [3.8, 4) is 6.07 Å². The number of rotatable bonds is 7. The number of nitriles is 1. The zero-order valence-electron chi connectivity index (χ0n) is 10.0. The van der Waals surface area contributed by atoms with Crippen molar-refractivity contribution < 1.29 is 4.79 Å². The zero-order valence-corrected chi connectivity index (χ0v) is 10.0. The van der Waals surface area contributed by atoms with Gasteiger partial charge in [-0.1, -0.05) is 13.3 Å². The number of amides is 1. The van der Waals surface area contributed by atoms with Gasteiger partial charge < -0.3 is 10.6 Å². The highest BCUT2D eigenvalue weighted by molar-refractivity contribution is 5.77. The minimum atomic E-state index is -0.0131. The standard InChI is InChI=1S/C12H21N3O/c1-2-12(5-3-6-12)10-14-9-11(16)15-8-4-7-13/h14H,2-6,8-10H2,1H3,(H,15,16). The van der Waals surface area contributed by atoms with Gasteiger partial charge in [-0.2, -0.15) is 5.26 Å². The van der Waals surface area contributed by atoms with Crippen LogP contribution in [0.2, 0.25) is 0 Å². The summed E-state index contributed by atoms with van der Waals surface area (Å²) in [7, 11) is 0. The van der Waals surface area contributed by atoms with E-state index in [1.54, 1.807) is 0 Å². The van der Waals surface area contributed by atoms with Crippen molar-refractivity contribution in [2.75, 3.05) is 19.6 Å². The molecule has 1 rings (SSSR count). The topological polar surface area (TPSA) is 64.9 Å². The molecule has 1 fully saturated rings. The highest BCUT2D eigenvalue weighted by atomic mass is 16.1. The second-order valence-electron chi connectivity index (χ2n) is 4.57. The Kier molecular flexibility index (Phi) is 5.27. The number of hydrogen-bond donors (Lipinski definition) is 2. The van der Waals surface area contributed by atoms with Crippen LogP contribution < -0.4 is 10.6 Å². The van der Waals surface area contributed by atoms with Crippen molar-refractivity contribution in [2.24, 2.45) is 5.41 Å². The van der Waals surface area contributed by atoms with Gasteiger partial charge >= 0.3 is 0 Å². The molecule has 16 heavy (non-hydrogen) atoms. The number of carbonyl (C=O) groups excluding carboxylic acids is 1. The fourth-order valence-corrected chi connectivity index (χ4v) is 2.09. The second kappa shape index (κ2) is 6.49. The predicted molar refractivity (Wildman–Crippen MR) is 62.7 cm³/mol.